The van der Waals surface area contributed by atoms with E-state index in [4.69, 9.17) is 0 Å². The minimum absolute atomic E-state index is 0.00497. The Hall–Kier alpha value is -3.43. The number of alkyl halides is 3. The lowest BCUT2D eigenvalue weighted by Gasteiger charge is -2.20. The van der Waals surface area contributed by atoms with E-state index in [1.807, 2.05) is 4.98 Å². The molecule has 3 rings (SSSR count). The molecule has 0 atom stereocenters. The Kier molecular flexibility index (Phi) is 4.56. The number of pyridine rings is 1. The molecule has 0 aliphatic rings. The van der Waals surface area contributed by atoms with Crippen LogP contribution in [0.3, 0.4) is 0 Å². The van der Waals surface area contributed by atoms with Crippen molar-refractivity contribution in [1.29, 1.82) is 0 Å². The predicted octanol–water partition coefficient (Wildman–Crippen LogP) is 1.90. The zero-order valence-corrected chi connectivity index (χ0v) is 13.9. The zero-order chi connectivity index (χ0) is 19.8. The van der Waals surface area contributed by atoms with Gasteiger partial charge in [-0.05, 0) is 17.7 Å². The van der Waals surface area contributed by atoms with Gasteiger partial charge in [0.25, 0.3) is 11.5 Å². The van der Waals surface area contributed by atoms with E-state index in [0.29, 0.717) is 0 Å². The number of H-pyrrole nitrogens is 2. The molecule has 27 heavy (non-hydrogen) atoms. The Balaban J connectivity index is 1.92. The minimum Gasteiger partial charge on any atom is -0.337 e. The third kappa shape index (κ3) is 3.73. The number of hydrogen-bond donors (Lipinski definition) is 2. The smallest absolute Gasteiger partial charge is 0.337 e. The molecular weight excluding hydrogens is 365 g/mol. The third-order valence-corrected chi connectivity index (χ3v) is 3.92. The number of benzene rings is 1. The molecule has 2 heterocycles. The van der Waals surface area contributed by atoms with Gasteiger partial charge in [-0.15, -0.1) is 0 Å². The van der Waals surface area contributed by atoms with Crippen LogP contribution in [0.1, 0.15) is 21.5 Å². The number of hydrogen-bond acceptors (Lipinski definition) is 4. The van der Waals surface area contributed by atoms with Crippen molar-refractivity contribution in [3.05, 3.63) is 74.1 Å². The molecule has 7 nitrogen and oxygen atoms in total. The molecule has 0 bridgehead atoms. The highest BCUT2D eigenvalue weighted by Gasteiger charge is 2.33. The maximum absolute atomic E-state index is 13.1. The molecule has 0 radical (unpaired) electrons. The zero-order valence-electron chi connectivity index (χ0n) is 13.9. The Morgan fingerprint density at radius 1 is 1.19 bits per heavy atom. The van der Waals surface area contributed by atoms with E-state index in [-0.39, 0.29) is 28.7 Å². The molecule has 0 fully saturated rings. The quantitative estimate of drug-likeness (QED) is 0.727. The molecule has 10 heteroatoms. The van der Waals surface area contributed by atoms with E-state index in [1.165, 1.54) is 31.3 Å². The first-order chi connectivity index (χ1) is 12.7. The topological polar surface area (TPSA) is 98.9 Å². The van der Waals surface area contributed by atoms with Gasteiger partial charge >= 0.3 is 11.9 Å². The van der Waals surface area contributed by atoms with Crippen molar-refractivity contribution < 1.29 is 18.0 Å². The Morgan fingerprint density at radius 2 is 1.89 bits per heavy atom. The number of nitrogens with one attached hydrogen (secondary N) is 2. The fourth-order valence-corrected chi connectivity index (χ4v) is 2.65. The summed E-state index contributed by atoms with van der Waals surface area (Å²) in [6.45, 7) is -0.283. The second kappa shape index (κ2) is 6.71. The number of carbonyl (C=O) groups is 1. The highest BCUT2D eigenvalue weighted by molar-refractivity contribution is 5.96. The number of amides is 1. The number of nitrogens with zero attached hydrogens (tertiary/aromatic N) is 2. The van der Waals surface area contributed by atoms with Crippen LogP contribution in [0.15, 0.2) is 46.1 Å². The number of carbonyl (C=O) groups excluding carboxylic acids is 1. The molecule has 0 spiro atoms. The van der Waals surface area contributed by atoms with Crippen LogP contribution in [0, 0.1) is 0 Å². The van der Waals surface area contributed by atoms with Crippen molar-refractivity contribution in [3.8, 4) is 0 Å². The maximum Gasteiger partial charge on any atom is 0.416 e. The van der Waals surface area contributed by atoms with Crippen molar-refractivity contribution in [2.24, 2.45) is 0 Å². The Morgan fingerprint density at radius 3 is 2.59 bits per heavy atom. The number of fused-ring (bicyclic) bond motifs is 1. The summed E-state index contributed by atoms with van der Waals surface area (Å²) in [6.07, 6.45) is -3.39. The SMILES string of the molecule is CN(Cc1ccccc1C(F)(F)F)C(=O)c1cnc2[nH]c(=O)[nH]c(=O)c2c1. The van der Waals surface area contributed by atoms with E-state index in [9.17, 15) is 27.6 Å². The van der Waals surface area contributed by atoms with Gasteiger partial charge in [-0.1, -0.05) is 18.2 Å². The largest absolute Gasteiger partial charge is 0.416 e. The summed E-state index contributed by atoms with van der Waals surface area (Å²) in [5.41, 5.74) is -2.33. The van der Waals surface area contributed by atoms with Crippen LogP contribution < -0.4 is 11.2 Å². The first-order valence-corrected chi connectivity index (χ1v) is 7.70. The average Bonchev–Trinajstić information content (AvgIpc) is 2.60. The standard InChI is InChI=1S/C17H13F3N4O3/c1-24(8-9-4-2-3-5-12(9)17(18,19)20)15(26)10-6-11-13(21-7-10)22-16(27)23-14(11)25/h2-7H,8H2,1H3,(H2,21,22,23,25,27). The molecule has 0 saturated heterocycles. The molecule has 3 aromatic rings. The summed E-state index contributed by atoms with van der Waals surface area (Å²) in [7, 11) is 1.34. The van der Waals surface area contributed by atoms with Crippen LogP contribution in [-0.2, 0) is 12.7 Å². The summed E-state index contributed by atoms with van der Waals surface area (Å²) >= 11 is 0. The fourth-order valence-electron chi connectivity index (χ4n) is 2.65. The lowest BCUT2D eigenvalue weighted by molar-refractivity contribution is -0.138. The normalized spacial score (nSPS) is 11.6. The Bertz CT molecular complexity index is 1130. The summed E-state index contributed by atoms with van der Waals surface area (Å²) in [5, 5.41) is -0.00968. The lowest BCUT2D eigenvalue weighted by Crippen LogP contribution is -2.28. The first-order valence-electron chi connectivity index (χ1n) is 7.70. The summed E-state index contributed by atoms with van der Waals surface area (Å²) in [5.74, 6) is -0.619. The maximum atomic E-state index is 13.1. The van der Waals surface area contributed by atoms with Crippen molar-refractivity contribution in [3.63, 3.8) is 0 Å². The number of aromatic amines is 2. The van der Waals surface area contributed by atoms with Gasteiger partial charge in [-0.3, -0.25) is 19.6 Å². The van der Waals surface area contributed by atoms with Gasteiger partial charge in [0.15, 0.2) is 0 Å². The van der Waals surface area contributed by atoms with E-state index in [2.05, 4.69) is 9.97 Å². The van der Waals surface area contributed by atoms with Crippen LogP contribution in [0.25, 0.3) is 11.0 Å². The average molecular weight is 378 g/mol. The molecule has 2 N–H and O–H groups in total. The summed E-state index contributed by atoms with van der Waals surface area (Å²) in [6, 6.07) is 6.19. The monoisotopic (exact) mass is 378 g/mol. The second-order valence-electron chi connectivity index (χ2n) is 5.84. The Labute approximate surface area is 149 Å². The fraction of sp³-hybridized carbons (Fsp3) is 0.176. The first kappa shape index (κ1) is 18.4. The van der Waals surface area contributed by atoms with E-state index >= 15 is 0 Å². The molecule has 0 unspecified atom stereocenters. The van der Waals surface area contributed by atoms with Gasteiger partial charge in [-0.25, -0.2) is 9.78 Å². The molecule has 0 aliphatic carbocycles. The van der Waals surface area contributed by atoms with Gasteiger partial charge in [0.2, 0.25) is 0 Å². The molecule has 1 amide bonds. The molecule has 140 valence electrons. The van der Waals surface area contributed by atoms with Crippen molar-refractivity contribution >= 4 is 16.9 Å². The molecule has 0 aliphatic heterocycles. The highest BCUT2D eigenvalue weighted by Crippen LogP contribution is 2.32. The molecule has 2 aromatic heterocycles. The van der Waals surface area contributed by atoms with Gasteiger partial charge in [0.1, 0.15) is 5.65 Å². The second-order valence-corrected chi connectivity index (χ2v) is 5.84. The van der Waals surface area contributed by atoms with Crippen LogP contribution in [-0.4, -0.2) is 32.8 Å². The molecule has 0 saturated carbocycles. The molecular formula is C17H13F3N4O3. The van der Waals surface area contributed by atoms with Crippen molar-refractivity contribution in [2.75, 3.05) is 7.05 Å². The van der Waals surface area contributed by atoms with Crippen LogP contribution in [0.5, 0.6) is 0 Å². The number of rotatable bonds is 3. The van der Waals surface area contributed by atoms with Crippen LogP contribution in [0.2, 0.25) is 0 Å². The van der Waals surface area contributed by atoms with Gasteiger partial charge in [0, 0.05) is 19.8 Å². The summed E-state index contributed by atoms with van der Waals surface area (Å²) in [4.78, 5) is 44.9. The summed E-state index contributed by atoms with van der Waals surface area (Å²) < 4.78 is 39.3. The highest BCUT2D eigenvalue weighted by atomic mass is 19.4. The van der Waals surface area contributed by atoms with E-state index in [1.54, 1.807) is 0 Å². The lowest BCUT2D eigenvalue weighted by atomic mass is 10.1. The minimum atomic E-state index is -4.54. The van der Waals surface area contributed by atoms with E-state index < -0.39 is 28.9 Å². The van der Waals surface area contributed by atoms with Crippen molar-refractivity contribution in [1.82, 2.24) is 19.9 Å². The number of aromatic nitrogens is 3. The van der Waals surface area contributed by atoms with Gasteiger partial charge in [-0.2, -0.15) is 13.2 Å². The molecule has 1 aromatic carbocycles. The predicted molar refractivity (Wildman–Crippen MR) is 90.2 cm³/mol. The van der Waals surface area contributed by atoms with Crippen LogP contribution in [0.4, 0.5) is 13.2 Å². The van der Waals surface area contributed by atoms with Crippen molar-refractivity contribution in [2.45, 2.75) is 12.7 Å². The van der Waals surface area contributed by atoms with Crippen LogP contribution >= 0.6 is 0 Å². The van der Waals surface area contributed by atoms with E-state index in [0.717, 1.165) is 17.2 Å². The van der Waals surface area contributed by atoms with Gasteiger partial charge < -0.3 is 4.90 Å². The van der Waals surface area contributed by atoms with Gasteiger partial charge in [0.05, 0.1) is 16.5 Å². The number of halogens is 3. The third-order valence-electron chi connectivity index (χ3n) is 3.92.